The molecule has 0 aliphatic carbocycles. The summed E-state index contributed by atoms with van der Waals surface area (Å²) in [7, 11) is 0. The number of rotatable bonds is 3. The number of nitriles is 1. The van der Waals surface area contributed by atoms with Crippen LogP contribution in [0, 0.1) is 11.3 Å². The van der Waals surface area contributed by atoms with E-state index in [9.17, 15) is 4.79 Å². The highest BCUT2D eigenvalue weighted by Crippen LogP contribution is 2.19. The van der Waals surface area contributed by atoms with E-state index in [-0.39, 0.29) is 12.5 Å². The van der Waals surface area contributed by atoms with Gasteiger partial charge in [-0.25, -0.2) is 0 Å². The predicted molar refractivity (Wildman–Crippen MR) is 58.2 cm³/mol. The Kier molecular flexibility index (Phi) is 3.83. The Morgan fingerprint density at radius 1 is 1.53 bits per heavy atom. The Morgan fingerprint density at radius 3 is 2.73 bits per heavy atom. The van der Waals surface area contributed by atoms with E-state index in [4.69, 9.17) is 11.0 Å². The number of hydrogen-bond acceptors (Lipinski definition) is 3. The van der Waals surface area contributed by atoms with Gasteiger partial charge in [0.25, 0.3) is 0 Å². The van der Waals surface area contributed by atoms with Gasteiger partial charge in [-0.2, -0.15) is 5.26 Å². The van der Waals surface area contributed by atoms with E-state index in [1.807, 2.05) is 6.92 Å². The quantitative estimate of drug-likeness (QED) is 0.792. The molecule has 15 heavy (non-hydrogen) atoms. The number of nitrogens with zero attached hydrogens (tertiary/aromatic N) is 2. The van der Waals surface area contributed by atoms with Crippen LogP contribution >= 0.6 is 0 Å². The van der Waals surface area contributed by atoms with Gasteiger partial charge in [0.05, 0.1) is 17.8 Å². The molecule has 0 aliphatic heterocycles. The lowest BCUT2D eigenvalue weighted by molar-refractivity contribution is -0.117. The van der Waals surface area contributed by atoms with Crippen molar-refractivity contribution in [2.24, 2.45) is 5.73 Å². The monoisotopic (exact) mass is 203 g/mol. The van der Waals surface area contributed by atoms with Crippen LogP contribution in [0.25, 0.3) is 0 Å². The van der Waals surface area contributed by atoms with Gasteiger partial charge in [0.2, 0.25) is 5.91 Å². The van der Waals surface area contributed by atoms with Gasteiger partial charge in [0.15, 0.2) is 0 Å². The number of carbonyl (C=O) groups excluding carboxylic acids is 1. The zero-order chi connectivity index (χ0) is 11.3. The molecule has 0 fully saturated rings. The van der Waals surface area contributed by atoms with E-state index < -0.39 is 0 Å². The van der Waals surface area contributed by atoms with E-state index in [1.54, 1.807) is 24.3 Å². The predicted octanol–water partition coefficient (Wildman–Crippen LogP) is 0.870. The first-order valence-corrected chi connectivity index (χ1v) is 4.74. The molecule has 0 saturated heterocycles. The number of nitrogens with two attached hydrogens (primary N) is 1. The molecule has 4 nitrogen and oxygen atoms in total. The number of likely N-dealkylation sites (N-methyl/N-ethyl adjacent to an activating group) is 1. The van der Waals surface area contributed by atoms with Gasteiger partial charge in [-0.1, -0.05) is 12.1 Å². The Balaban J connectivity index is 3.13. The lowest BCUT2D eigenvalue weighted by atomic mass is 10.1. The van der Waals surface area contributed by atoms with Gasteiger partial charge in [0.1, 0.15) is 6.07 Å². The summed E-state index contributed by atoms with van der Waals surface area (Å²) in [5, 5.41) is 8.90. The third kappa shape index (κ3) is 2.33. The fourth-order valence-electron chi connectivity index (χ4n) is 1.39. The van der Waals surface area contributed by atoms with Crippen LogP contribution in [0.2, 0.25) is 0 Å². The minimum atomic E-state index is -0.180. The van der Waals surface area contributed by atoms with Gasteiger partial charge in [-0.3, -0.25) is 4.79 Å². The molecule has 0 bridgehead atoms. The second-order valence-electron chi connectivity index (χ2n) is 2.97. The molecule has 0 heterocycles. The van der Waals surface area contributed by atoms with Gasteiger partial charge >= 0.3 is 0 Å². The molecule has 1 amide bonds. The number of benzene rings is 1. The Labute approximate surface area is 88.9 Å². The van der Waals surface area contributed by atoms with Crippen molar-refractivity contribution in [3.8, 4) is 6.07 Å². The number of amides is 1. The molecule has 1 aromatic carbocycles. The summed E-state index contributed by atoms with van der Waals surface area (Å²) < 4.78 is 0. The highest BCUT2D eigenvalue weighted by molar-refractivity contribution is 5.95. The Bertz CT molecular complexity index is 395. The molecule has 0 aromatic heterocycles. The maximum atomic E-state index is 11.5. The van der Waals surface area contributed by atoms with Crippen LogP contribution in [0.15, 0.2) is 24.3 Å². The smallest absolute Gasteiger partial charge is 0.240 e. The van der Waals surface area contributed by atoms with Crippen LogP contribution in [-0.4, -0.2) is 19.0 Å². The highest BCUT2D eigenvalue weighted by atomic mass is 16.2. The van der Waals surface area contributed by atoms with E-state index in [0.717, 1.165) is 0 Å². The molecule has 0 spiro atoms. The number of anilines is 1. The van der Waals surface area contributed by atoms with Crippen molar-refractivity contribution in [3.63, 3.8) is 0 Å². The molecule has 78 valence electrons. The van der Waals surface area contributed by atoms with Gasteiger partial charge < -0.3 is 10.6 Å². The first kappa shape index (κ1) is 11.2. The summed E-state index contributed by atoms with van der Waals surface area (Å²) >= 11 is 0. The number of carbonyl (C=O) groups is 1. The highest BCUT2D eigenvalue weighted by Gasteiger charge is 2.14. The van der Waals surface area contributed by atoms with Gasteiger partial charge in [0, 0.05) is 6.54 Å². The van der Waals surface area contributed by atoms with Crippen molar-refractivity contribution in [1.82, 2.24) is 0 Å². The first-order chi connectivity index (χ1) is 7.24. The molecule has 1 aromatic rings. The van der Waals surface area contributed by atoms with Crippen LogP contribution in [-0.2, 0) is 4.79 Å². The SMILES string of the molecule is CCN(C(=O)CN)c1ccccc1C#N. The van der Waals surface area contributed by atoms with Crippen LogP contribution in [0.3, 0.4) is 0 Å². The fourth-order valence-corrected chi connectivity index (χ4v) is 1.39. The summed E-state index contributed by atoms with van der Waals surface area (Å²) in [4.78, 5) is 13.0. The van der Waals surface area contributed by atoms with Crippen LogP contribution in [0.5, 0.6) is 0 Å². The maximum Gasteiger partial charge on any atom is 0.240 e. The molecular formula is C11H13N3O. The zero-order valence-electron chi connectivity index (χ0n) is 8.60. The molecule has 1 rings (SSSR count). The second kappa shape index (κ2) is 5.13. The van der Waals surface area contributed by atoms with Crippen molar-refractivity contribution < 1.29 is 4.79 Å². The lowest BCUT2D eigenvalue weighted by Crippen LogP contribution is -2.36. The third-order valence-electron chi connectivity index (χ3n) is 2.11. The summed E-state index contributed by atoms with van der Waals surface area (Å²) in [6.07, 6.45) is 0. The van der Waals surface area contributed by atoms with Crippen molar-refractivity contribution in [2.45, 2.75) is 6.92 Å². The lowest BCUT2D eigenvalue weighted by Gasteiger charge is -2.21. The van der Waals surface area contributed by atoms with Crippen molar-refractivity contribution >= 4 is 11.6 Å². The topological polar surface area (TPSA) is 70.1 Å². The number of para-hydroxylation sites is 1. The van der Waals surface area contributed by atoms with E-state index >= 15 is 0 Å². The molecule has 2 N–H and O–H groups in total. The zero-order valence-corrected chi connectivity index (χ0v) is 8.60. The standard InChI is InChI=1S/C11H13N3O/c1-2-14(11(15)8-13)10-6-4-3-5-9(10)7-12/h3-6H,2,8,13H2,1H3. The molecule has 0 atom stereocenters. The third-order valence-corrected chi connectivity index (χ3v) is 2.11. The Hall–Kier alpha value is -1.86. The Morgan fingerprint density at radius 2 is 2.20 bits per heavy atom. The second-order valence-corrected chi connectivity index (χ2v) is 2.97. The summed E-state index contributed by atoms with van der Waals surface area (Å²) in [6.45, 7) is 2.31. The molecule has 0 radical (unpaired) electrons. The normalized spacial score (nSPS) is 9.40. The average molecular weight is 203 g/mol. The average Bonchev–Trinajstić information content (AvgIpc) is 2.30. The molecule has 0 aliphatic rings. The fraction of sp³-hybridized carbons (Fsp3) is 0.273. The number of hydrogen-bond donors (Lipinski definition) is 1. The van der Waals surface area contributed by atoms with Crippen molar-refractivity contribution in [2.75, 3.05) is 18.0 Å². The summed E-state index contributed by atoms with van der Waals surface area (Å²) in [6, 6.07) is 9.04. The maximum absolute atomic E-state index is 11.5. The minimum Gasteiger partial charge on any atom is -0.322 e. The van der Waals surface area contributed by atoms with Gasteiger partial charge in [-0.05, 0) is 19.1 Å². The van der Waals surface area contributed by atoms with E-state index in [1.165, 1.54) is 4.90 Å². The van der Waals surface area contributed by atoms with Crippen LogP contribution in [0.4, 0.5) is 5.69 Å². The summed E-state index contributed by atoms with van der Waals surface area (Å²) in [5.74, 6) is -0.180. The van der Waals surface area contributed by atoms with E-state index in [0.29, 0.717) is 17.8 Å². The van der Waals surface area contributed by atoms with Gasteiger partial charge in [-0.15, -0.1) is 0 Å². The minimum absolute atomic E-state index is 0.0480. The largest absolute Gasteiger partial charge is 0.322 e. The van der Waals surface area contributed by atoms with Crippen molar-refractivity contribution in [3.05, 3.63) is 29.8 Å². The molecule has 0 unspecified atom stereocenters. The first-order valence-electron chi connectivity index (χ1n) is 4.74. The van der Waals surface area contributed by atoms with Crippen LogP contribution < -0.4 is 10.6 Å². The van der Waals surface area contributed by atoms with Crippen molar-refractivity contribution in [1.29, 1.82) is 5.26 Å². The molecule has 0 saturated carbocycles. The van der Waals surface area contributed by atoms with Crippen LogP contribution in [0.1, 0.15) is 12.5 Å². The molecular weight excluding hydrogens is 190 g/mol. The molecule has 4 heteroatoms. The van der Waals surface area contributed by atoms with E-state index in [2.05, 4.69) is 6.07 Å². The summed E-state index contributed by atoms with van der Waals surface area (Å²) in [5.41, 5.74) is 6.41.